The maximum atomic E-state index is 11.9. The van der Waals surface area contributed by atoms with Crippen molar-refractivity contribution in [2.24, 2.45) is 5.73 Å². The summed E-state index contributed by atoms with van der Waals surface area (Å²) in [6.07, 6.45) is 1.67. The molecule has 0 bridgehead atoms. The molecule has 0 atom stereocenters. The summed E-state index contributed by atoms with van der Waals surface area (Å²) < 4.78 is 5.34. The van der Waals surface area contributed by atoms with E-state index in [1.165, 1.54) is 0 Å². The van der Waals surface area contributed by atoms with Crippen LogP contribution in [-0.2, 0) is 0 Å². The molecule has 0 radical (unpaired) electrons. The van der Waals surface area contributed by atoms with Crippen LogP contribution in [0.4, 0.5) is 0 Å². The predicted octanol–water partition coefficient (Wildman–Crippen LogP) is 2.14. The Labute approximate surface area is 120 Å². The second kappa shape index (κ2) is 7.81. The highest BCUT2D eigenvalue weighted by Gasteiger charge is 2.18. The first-order valence-corrected chi connectivity index (χ1v) is 5.85. The van der Waals surface area contributed by atoms with Gasteiger partial charge in [0, 0.05) is 17.6 Å². The molecule has 0 aromatic heterocycles. The zero-order valence-electron chi connectivity index (χ0n) is 11.3. The van der Waals surface area contributed by atoms with Crippen LogP contribution in [0.25, 0.3) is 0 Å². The van der Waals surface area contributed by atoms with Gasteiger partial charge in [-0.05, 0) is 38.1 Å². The van der Waals surface area contributed by atoms with Crippen LogP contribution in [0.1, 0.15) is 24.2 Å². The van der Waals surface area contributed by atoms with Crippen LogP contribution >= 0.6 is 12.4 Å². The summed E-state index contributed by atoms with van der Waals surface area (Å²) in [5.41, 5.74) is 5.75. The number of rotatable bonds is 6. The quantitative estimate of drug-likeness (QED) is 0.787. The van der Waals surface area contributed by atoms with Crippen LogP contribution in [0.5, 0.6) is 5.75 Å². The molecule has 1 aromatic carbocycles. The molecule has 0 aliphatic heterocycles. The van der Waals surface area contributed by atoms with Crippen LogP contribution in [0.15, 0.2) is 36.9 Å². The fraction of sp³-hybridized carbons (Fsp3) is 0.357. The van der Waals surface area contributed by atoms with E-state index in [9.17, 15) is 4.79 Å². The molecule has 3 N–H and O–H groups in total. The van der Waals surface area contributed by atoms with Crippen LogP contribution in [0.2, 0.25) is 0 Å². The Morgan fingerprint density at radius 2 is 2.00 bits per heavy atom. The number of halogens is 1. The van der Waals surface area contributed by atoms with Gasteiger partial charge in [-0.15, -0.1) is 12.4 Å². The van der Waals surface area contributed by atoms with E-state index in [0.29, 0.717) is 24.5 Å². The molecule has 0 unspecified atom stereocenters. The van der Waals surface area contributed by atoms with E-state index in [1.54, 1.807) is 30.3 Å². The minimum atomic E-state index is -0.408. The molecule has 0 saturated heterocycles. The van der Waals surface area contributed by atoms with Gasteiger partial charge in [-0.25, -0.2) is 0 Å². The smallest absolute Gasteiger partial charge is 0.251 e. The third-order valence-electron chi connectivity index (χ3n) is 2.45. The lowest BCUT2D eigenvalue weighted by Gasteiger charge is -2.24. The van der Waals surface area contributed by atoms with E-state index in [0.717, 1.165) is 0 Å². The monoisotopic (exact) mass is 284 g/mol. The average molecular weight is 285 g/mol. The molecule has 0 fully saturated rings. The molecule has 19 heavy (non-hydrogen) atoms. The van der Waals surface area contributed by atoms with Gasteiger partial charge in [0.2, 0.25) is 0 Å². The van der Waals surface area contributed by atoms with Gasteiger partial charge < -0.3 is 15.8 Å². The summed E-state index contributed by atoms with van der Waals surface area (Å²) in [7, 11) is 0. The van der Waals surface area contributed by atoms with Crippen molar-refractivity contribution in [3.8, 4) is 5.75 Å². The number of ether oxygens (including phenoxy) is 1. The summed E-state index contributed by atoms with van der Waals surface area (Å²) in [6, 6.07) is 6.96. The number of benzene rings is 1. The third kappa shape index (κ3) is 5.77. The minimum absolute atomic E-state index is 0. The number of nitrogens with two attached hydrogens (primary N) is 1. The topological polar surface area (TPSA) is 64.3 Å². The molecule has 1 amide bonds. The van der Waals surface area contributed by atoms with Gasteiger partial charge in [-0.2, -0.15) is 0 Å². The highest BCUT2D eigenvalue weighted by molar-refractivity contribution is 5.94. The Kier molecular flexibility index (Phi) is 7.19. The normalized spacial score (nSPS) is 10.3. The van der Waals surface area contributed by atoms with E-state index >= 15 is 0 Å². The summed E-state index contributed by atoms with van der Waals surface area (Å²) in [5, 5.41) is 2.86. The summed E-state index contributed by atoms with van der Waals surface area (Å²) >= 11 is 0. The molecular weight excluding hydrogens is 264 g/mol. The lowest BCUT2D eigenvalue weighted by molar-refractivity contribution is 0.0915. The standard InChI is InChI=1S/C14H20N2O2.ClH/c1-4-9-18-12-7-5-11(6-8-12)13(17)16-14(2,3)10-15;/h4-8H,1,9-10,15H2,2-3H3,(H,16,17);1H. The summed E-state index contributed by atoms with van der Waals surface area (Å²) in [6.45, 7) is 8.17. The maximum absolute atomic E-state index is 11.9. The molecule has 0 saturated carbocycles. The fourth-order valence-corrected chi connectivity index (χ4v) is 1.29. The van der Waals surface area contributed by atoms with E-state index in [-0.39, 0.29) is 18.3 Å². The molecule has 0 aliphatic carbocycles. The second-order valence-corrected chi connectivity index (χ2v) is 4.67. The van der Waals surface area contributed by atoms with Gasteiger partial charge in [-0.1, -0.05) is 12.7 Å². The summed E-state index contributed by atoms with van der Waals surface area (Å²) in [5.74, 6) is 0.574. The number of nitrogens with one attached hydrogen (secondary N) is 1. The minimum Gasteiger partial charge on any atom is -0.490 e. The van der Waals surface area contributed by atoms with Crippen molar-refractivity contribution in [2.75, 3.05) is 13.2 Å². The Bertz CT molecular complexity index is 416. The lowest BCUT2D eigenvalue weighted by Crippen LogP contribution is -2.48. The molecule has 1 aromatic rings. The summed E-state index contributed by atoms with van der Waals surface area (Å²) in [4.78, 5) is 11.9. The largest absolute Gasteiger partial charge is 0.490 e. The zero-order valence-corrected chi connectivity index (χ0v) is 12.1. The molecule has 0 spiro atoms. The number of carbonyl (C=O) groups is 1. The number of hydrogen-bond donors (Lipinski definition) is 2. The Morgan fingerprint density at radius 3 is 2.47 bits per heavy atom. The van der Waals surface area contributed by atoms with Gasteiger partial charge in [-0.3, -0.25) is 4.79 Å². The van der Waals surface area contributed by atoms with Gasteiger partial charge in [0.05, 0.1) is 0 Å². The number of amides is 1. The Morgan fingerprint density at radius 1 is 1.42 bits per heavy atom. The molecule has 5 heteroatoms. The molecular formula is C14H21ClN2O2. The van der Waals surface area contributed by atoms with Crippen LogP contribution in [0, 0.1) is 0 Å². The van der Waals surface area contributed by atoms with E-state index in [2.05, 4.69) is 11.9 Å². The van der Waals surface area contributed by atoms with Crippen LogP contribution in [0.3, 0.4) is 0 Å². The van der Waals surface area contributed by atoms with Crippen LogP contribution < -0.4 is 15.8 Å². The van der Waals surface area contributed by atoms with Crippen molar-refractivity contribution in [1.82, 2.24) is 5.32 Å². The Balaban J connectivity index is 0.00000324. The van der Waals surface area contributed by atoms with Crippen molar-refractivity contribution in [2.45, 2.75) is 19.4 Å². The number of carbonyl (C=O) groups excluding carboxylic acids is 1. The molecule has 0 heterocycles. The molecule has 1 rings (SSSR count). The van der Waals surface area contributed by atoms with E-state index < -0.39 is 5.54 Å². The van der Waals surface area contributed by atoms with Crippen molar-refractivity contribution in [3.05, 3.63) is 42.5 Å². The van der Waals surface area contributed by atoms with Gasteiger partial charge >= 0.3 is 0 Å². The third-order valence-corrected chi connectivity index (χ3v) is 2.45. The predicted molar refractivity (Wildman–Crippen MR) is 80.0 cm³/mol. The molecule has 0 aliphatic rings. The maximum Gasteiger partial charge on any atom is 0.251 e. The van der Waals surface area contributed by atoms with Gasteiger partial charge in [0.1, 0.15) is 12.4 Å². The first-order chi connectivity index (χ1) is 8.48. The highest BCUT2D eigenvalue weighted by atomic mass is 35.5. The van der Waals surface area contributed by atoms with Crippen LogP contribution in [-0.4, -0.2) is 24.6 Å². The van der Waals surface area contributed by atoms with E-state index in [1.807, 2.05) is 13.8 Å². The van der Waals surface area contributed by atoms with Gasteiger partial charge in [0.15, 0.2) is 0 Å². The SMILES string of the molecule is C=CCOc1ccc(C(=O)NC(C)(C)CN)cc1.Cl. The van der Waals surface area contributed by atoms with E-state index in [4.69, 9.17) is 10.5 Å². The molecule has 106 valence electrons. The highest BCUT2D eigenvalue weighted by Crippen LogP contribution is 2.13. The number of hydrogen-bond acceptors (Lipinski definition) is 3. The average Bonchev–Trinajstić information content (AvgIpc) is 2.36. The van der Waals surface area contributed by atoms with Crippen molar-refractivity contribution >= 4 is 18.3 Å². The van der Waals surface area contributed by atoms with Crippen molar-refractivity contribution < 1.29 is 9.53 Å². The Hall–Kier alpha value is -1.52. The first kappa shape index (κ1) is 17.5. The van der Waals surface area contributed by atoms with Crippen molar-refractivity contribution in [3.63, 3.8) is 0 Å². The lowest BCUT2D eigenvalue weighted by atomic mass is 10.1. The fourth-order valence-electron chi connectivity index (χ4n) is 1.29. The zero-order chi connectivity index (χ0) is 13.6. The first-order valence-electron chi connectivity index (χ1n) is 5.85. The molecule has 4 nitrogen and oxygen atoms in total. The van der Waals surface area contributed by atoms with Gasteiger partial charge in [0.25, 0.3) is 5.91 Å². The second-order valence-electron chi connectivity index (χ2n) is 4.67. The van der Waals surface area contributed by atoms with Crippen molar-refractivity contribution in [1.29, 1.82) is 0 Å².